The summed E-state index contributed by atoms with van der Waals surface area (Å²) >= 11 is 0. The first kappa shape index (κ1) is 16.0. The van der Waals surface area contributed by atoms with Crippen LogP contribution in [-0.4, -0.2) is 42.6 Å². The van der Waals surface area contributed by atoms with Crippen molar-refractivity contribution in [2.45, 2.75) is 32.3 Å². The first-order chi connectivity index (χ1) is 8.99. The summed E-state index contributed by atoms with van der Waals surface area (Å²) in [6, 6.07) is 8.08. The van der Waals surface area contributed by atoms with Crippen LogP contribution in [0.1, 0.15) is 26.3 Å². The lowest BCUT2D eigenvalue weighted by Crippen LogP contribution is -2.38. The molecule has 0 saturated carbocycles. The molecule has 108 valence electrons. The molecule has 1 aromatic carbocycles. The third-order valence-corrected chi connectivity index (χ3v) is 3.10. The second-order valence-corrected chi connectivity index (χ2v) is 5.31. The summed E-state index contributed by atoms with van der Waals surface area (Å²) in [6.07, 6.45) is -0.698. The van der Waals surface area contributed by atoms with E-state index < -0.39 is 6.10 Å². The number of aliphatic hydroxyl groups is 2. The van der Waals surface area contributed by atoms with Crippen LogP contribution in [-0.2, 0) is 5.41 Å². The maximum Gasteiger partial charge on any atom is 0.119 e. The summed E-state index contributed by atoms with van der Waals surface area (Å²) in [4.78, 5) is 0. The second kappa shape index (κ2) is 7.48. The number of hydrogen-bond donors (Lipinski definition) is 3. The largest absolute Gasteiger partial charge is 0.494 e. The molecule has 1 unspecified atom stereocenters. The van der Waals surface area contributed by atoms with E-state index in [1.54, 1.807) is 0 Å². The van der Waals surface area contributed by atoms with Crippen molar-refractivity contribution in [3.63, 3.8) is 0 Å². The van der Waals surface area contributed by atoms with Gasteiger partial charge in [-0.2, -0.15) is 0 Å². The number of rotatable bonds is 8. The normalized spacial score (nSPS) is 13.3. The Kier molecular flexibility index (Phi) is 6.28. The fourth-order valence-corrected chi connectivity index (χ4v) is 1.89. The van der Waals surface area contributed by atoms with Crippen LogP contribution in [0.5, 0.6) is 5.75 Å². The van der Waals surface area contributed by atoms with E-state index in [2.05, 4.69) is 31.3 Å². The zero-order chi connectivity index (χ0) is 14.3. The van der Waals surface area contributed by atoms with Gasteiger partial charge in [0, 0.05) is 18.5 Å². The van der Waals surface area contributed by atoms with E-state index in [0.29, 0.717) is 13.2 Å². The molecule has 19 heavy (non-hydrogen) atoms. The molecule has 4 heteroatoms. The molecule has 0 aliphatic rings. The Morgan fingerprint density at radius 3 is 2.42 bits per heavy atom. The fourth-order valence-electron chi connectivity index (χ4n) is 1.89. The van der Waals surface area contributed by atoms with Crippen molar-refractivity contribution in [1.82, 2.24) is 5.32 Å². The van der Waals surface area contributed by atoms with Gasteiger partial charge in [0.25, 0.3) is 0 Å². The predicted molar refractivity (Wildman–Crippen MR) is 76.6 cm³/mol. The van der Waals surface area contributed by atoms with Gasteiger partial charge in [0.05, 0.1) is 19.3 Å². The maximum atomic E-state index is 9.29. The van der Waals surface area contributed by atoms with Crippen molar-refractivity contribution in [2.75, 3.05) is 26.3 Å². The predicted octanol–water partition coefficient (Wildman–Crippen LogP) is 1.31. The fraction of sp³-hybridized carbons (Fsp3) is 0.600. The van der Waals surface area contributed by atoms with Crippen LogP contribution in [0.15, 0.2) is 24.3 Å². The van der Waals surface area contributed by atoms with Gasteiger partial charge in [-0.1, -0.05) is 26.0 Å². The van der Waals surface area contributed by atoms with Gasteiger partial charge in [0.2, 0.25) is 0 Å². The quantitative estimate of drug-likeness (QED) is 0.664. The topological polar surface area (TPSA) is 61.7 Å². The van der Waals surface area contributed by atoms with Gasteiger partial charge in [-0.25, -0.2) is 0 Å². The van der Waals surface area contributed by atoms with Gasteiger partial charge in [-0.05, 0) is 24.6 Å². The molecule has 0 aromatic heterocycles. The standard InChI is InChI=1S/C15H25NO3/c1-4-19-14-7-5-12(6-8-14)15(2,3)11-16-9-13(18)10-17/h5-8,13,16-18H,4,9-11H2,1-3H3. The summed E-state index contributed by atoms with van der Waals surface area (Å²) < 4.78 is 5.42. The number of benzene rings is 1. The van der Waals surface area contributed by atoms with E-state index in [-0.39, 0.29) is 12.0 Å². The van der Waals surface area contributed by atoms with Crippen molar-refractivity contribution >= 4 is 0 Å². The lowest BCUT2D eigenvalue weighted by molar-refractivity contribution is 0.0934. The van der Waals surface area contributed by atoms with E-state index in [4.69, 9.17) is 9.84 Å². The zero-order valence-corrected chi connectivity index (χ0v) is 12.0. The number of nitrogens with one attached hydrogen (secondary N) is 1. The minimum absolute atomic E-state index is 0.0417. The number of hydrogen-bond acceptors (Lipinski definition) is 4. The molecule has 0 spiro atoms. The van der Waals surface area contributed by atoms with Gasteiger partial charge < -0.3 is 20.3 Å². The molecule has 0 saturated heterocycles. The summed E-state index contributed by atoms with van der Waals surface area (Å²) in [6.45, 7) is 7.84. The monoisotopic (exact) mass is 267 g/mol. The highest BCUT2D eigenvalue weighted by molar-refractivity contribution is 5.31. The van der Waals surface area contributed by atoms with Crippen LogP contribution >= 0.6 is 0 Å². The SMILES string of the molecule is CCOc1ccc(C(C)(C)CNCC(O)CO)cc1. The number of ether oxygens (including phenoxy) is 1. The van der Waals surface area contributed by atoms with E-state index in [0.717, 1.165) is 12.3 Å². The third-order valence-electron chi connectivity index (χ3n) is 3.10. The van der Waals surface area contributed by atoms with E-state index in [9.17, 15) is 5.11 Å². The van der Waals surface area contributed by atoms with Gasteiger partial charge >= 0.3 is 0 Å². The summed E-state index contributed by atoms with van der Waals surface area (Å²) in [5, 5.41) is 21.2. The molecule has 0 radical (unpaired) electrons. The molecule has 0 aliphatic heterocycles. The lowest BCUT2D eigenvalue weighted by Gasteiger charge is -2.26. The minimum atomic E-state index is -0.698. The zero-order valence-electron chi connectivity index (χ0n) is 12.0. The molecular weight excluding hydrogens is 242 g/mol. The maximum absolute atomic E-state index is 9.29. The van der Waals surface area contributed by atoms with Crippen LogP contribution in [0.3, 0.4) is 0 Å². The molecular formula is C15H25NO3. The highest BCUT2D eigenvalue weighted by Crippen LogP contribution is 2.24. The van der Waals surface area contributed by atoms with Crippen LogP contribution in [0.25, 0.3) is 0 Å². The molecule has 4 nitrogen and oxygen atoms in total. The van der Waals surface area contributed by atoms with Crippen molar-refractivity contribution in [3.05, 3.63) is 29.8 Å². The van der Waals surface area contributed by atoms with Gasteiger partial charge in [0.1, 0.15) is 5.75 Å². The Balaban J connectivity index is 2.55. The van der Waals surface area contributed by atoms with E-state index in [1.807, 2.05) is 19.1 Å². The molecule has 0 aliphatic carbocycles. The molecule has 1 aromatic rings. The molecule has 1 rings (SSSR count). The Morgan fingerprint density at radius 2 is 1.89 bits per heavy atom. The Bertz CT molecular complexity index is 362. The molecule has 0 heterocycles. The van der Waals surface area contributed by atoms with Gasteiger partial charge in [-0.3, -0.25) is 0 Å². The average Bonchev–Trinajstić information content (AvgIpc) is 2.39. The Morgan fingerprint density at radius 1 is 1.26 bits per heavy atom. The van der Waals surface area contributed by atoms with Crippen LogP contribution in [0, 0.1) is 0 Å². The highest BCUT2D eigenvalue weighted by atomic mass is 16.5. The average molecular weight is 267 g/mol. The molecule has 1 atom stereocenters. The summed E-state index contributed by atoms with van der Waals surface area (Å²) in [7, 11) is 0. The van der Waals surface area contributed by atoms with Crippen molar-refractivity contribution < 1.29 is 14.9 Å². The highest BCUT2D eigenvalue weighted by Gasteiger charge is 2.20. The van der Waals surface area contributed by atoms with E-state index >= 15 is 0 Å². The van der Waals surface area contributed by atoms with Crippen LogP contribution in [0.4, 0.5) is 0 Å². The molecule has 0 fully saturated rings. The van der Waals surface area contributed by atoms with Crippen LogP contribution in [0.2, 0.25) is 0 Å². The van der Waals surface area contributed by atoms with E-state index in [1.165, 1.54) is 5.56 Å². The molecule has 0 bridgehead atoms. The first-order valence-corrected chi connectivity index (χ1v) is 6.72. The summed E-state index contributed by atoms with van der Waals surface area (Å²) in [5.41, 5.74) is 1.17. The Hall–Kier alpha value is -1.10. The van der Waals surface area contributed by atoms with Gasteiger partial charge in [0.15, 0.2) is 0 Å². The van der Waals surface area contributed by atoms with Gasteiger partial charge in [-0.15, -0.1) is 0 Å². The lowest BCUT2D eigenvalue weighted by atomic mass is 9.84. The van der Waals surface area contributed by atoms with Crippen molar-refractivity contribution in [2.24, 2.45) is 0 Å². The third kappa shape index (κ3) is 5.19. The second-order valence-electron chi connectivity index (χ2n) is 5.31. The summed E-state index contributed by atoms with van der Waals surface area (Å²) in [5.74, 6) is 0.880. The number of aliphatic hydroxyl groups excluding tert-OH is 2. The van der Waals surface area contributed by atoms with Crippen molar-refractivity contribution in [1.29, 1.82) is 0 Å². The molecule has 3 N–H and O–H groups in total. The Labute approximate surface area is 115 Å². The smallest absolute Gasteiger partial charge is 0.119 e. The van der Waals surface area contributed by atoms with Crippen molar-refractivity contribution in [3.8, 4) is 5.75 Å². The molecule has 0 amide bonds. The minimum Gasteiger partial charge on any atom is -0.494 e. The van der Waals surface area contributed by atoms with Crippen LogP contribution < -0.4 is 10.1 Å². The first-order valence-electron chi connectivity index (χ1n) is 6.72.